The lowest BCUT2D eigenvalue weighted by atomic mass is 10.5. The Morgan fingerprint density at radius 2 is 1.88 bits per heavy atom. The van der Waals surface area contributed by atoms with Crippen LogP contribution in [-0.2, 0) is 25.0 Å². The maximum Gasteiger partial charge on any atom is 0.421 e. The molecule has 17 heavy (non-hydrogen) atoms. The second-order valence-corrected chi connectivity index (χ2v) is 6.17. The predicted molar refractivity (Wildman–Crippen MR) is 59.7 cm³/mol. The Balaban J connectivity index is 3.99. The van der Waals surface area contributed by atoms with Gasteiger partial charge in [-0.3, -0.25) is 0 Å². The minimum atomic E-state index is -4.03. The van der Waals surface area contributed by atoms with Gasteiger partial charge in [-0.25, -0.2) is 23.1 Å². The van der Waals surface area contributed by atoms with Gasteiger partial charge in [-0.15, -0.1) is 0 Å². The second kappa shape index (κ2) is 6.74. The van der Waals surface area contributed by atoms with Gasteiger partial charge in [0.1, 0.15) is 0 Å². The zero-order valence-electron chi connectivity index (χ0n) is 9.17. The molecule has 0 radical (unpaired) electrons. The molecule has 0 bridgehead atoms. The molecule has 0 aliphatic rings. The van der Waals surface area contributed by atoms with Crippen LogP contribution >= 0.6 is 0 Å². The van der Waals surface area contributed by atoms with Gasteiger partial charge in [0.05, 0.1) is 12.4 Å². The quantitative estimate of drug-likeness (QED) is 0.474. The molecule has 0 aromatic rings. The molecule has 4 N–H and O–H groups in total. The van der Waals surface area contributed by atoms with Gasteiger partial charge in [0, 0.05) is 6.54 Å². The topological polar surface area (TPSA) is 145 Å². The third-order valence-electron chi connectivity index (χ3n) is 1.39. The lowest BCUT2D eigenvalue weighted by Crippen LogP contribution is -2.41. The van der Waals surface area contributed by atoms with E-state index in [1.165, 1.54) is 6.92 Å². The van der Waals surface area contributed by atoms with E-state index in [9.17, 15) is 21.6 Å². The van der Waals surface area contributed by atoms with E-state index in [0.717, 1.165) is 0 Å². The van der Waals surface area contributed by atoms with Crippen LogP contribution in [0.15, 0.2) is 0 Å². The highest BCUT2D eigenvalue weighted by atomic mass is 32.2. The Morgan fingerprint density at radius 3 is 2.35 bits per heavy atom. The summed E-state index contributed by atoms with van der Waals surface area (Å²) in [7, 11) is -7.65. The molecular weight excluding hydrogens is 274 g/mol. The van der Waals surface area contributed by atoms with Crippen molar-refractivity contribution in [3.05, 3.63) is 0 Å². The van der Waals surface area contributed by atoms with Crippen molar-refractivity contribution in [1.29, 1.82) is 0 Å². The summed E-state index contributed by atoms with van der Waals surface area (Å²) >= 11 is 0. The van der Waals surface area contributed by atoms with Crippen molar-refractivity contribution in [3.63, 3.8) is 0 Å². The minimum absolute atomic E-state index is 0.00255. The molecule has 11 heteroatoms. The molecule has 0 rings (SSSR count). The zero-order chi connectivity index (χ0) is 13.5. The molecule has 0 heterocycles. The molecule has 0 aromatic heterocycles. The first-order valence-corrected chi connectivity index (χ1v) is 7.81. The van der Waals surface area contributed by atoms with E-state index in [0.29, 0.717) is 0 Å². The Labute approximate surface area is 99.9 Å². The summed E-state index contributed by atoms with van der Waals surface area (Å²) < 4.78 is 51.2. The number of rotatable bonds is 7. The first kappa shape index (κ1) is 16.1. The molecule has 0 saturated heterocycles. The molecule has 0 spiro atoms. The van der Waals surface area contributed by atoms with Crippen LogP contribution in [0.5, 0.6) is 0 Å². The average Bonchev–Trinajstić information content (AvgIpc) is 2.10. The van der Waals surface area contributed by atoms with Crippen LogP contribution in [0.25, 0.3) is 0 Å². The normalized spacial score (nSPS) is 12.1. The molecule has 0 saturated carbocycles. The van der Waals surface area contributed by atoms with Crippen LogP contribution in [0.4, 0.5) is 4.79 Å². The number of nitrogens with one attached hydrogen (secondary N) is 2. The lowest BCUT2D eigenvalue weighted by molar-refractivity contribution is 0.158. The lowest BCUT2D eigenvalue weighted by Gasteiger charge is -2.07. The van der Waals surface area contributed by atoms with Crippen molar-refractivity contribution in [2.75, 3.05) is 18.9 Å². The summed E-state index contributed by atoms with van der Waals surface area (Å²) in [5.74, 6) is -0.352. The van der Waals surface area contributed by atoms with Crippen LogP contribution in [0.2, 0.25) is 0 Å². The predicted octanol–water partition coefficient (Wildman–Crippen LogP) is -1.75. The maximum atomic E-state index is 11.1. The highest BCUT2D eigenvalue weighted by Gasteiger charge is 2.14. The number of sulfonamides is 1. The average molecular weight is 289 g/mol. The van der Waals surface area contributed by atoms with E-state index in [1.54, 1.807) is 4.72 Å². The summed E-state index contributed by atoms with van der Waals surface area (Å²) in [6.07, 6.45) is -1.10. The Hall–Kier alpha value is -0.910. The van der Waals surface area contributed by atoms with Crippen molar-refractivity contribution >= 4 is 26.3 Å². The smallest absolute Gasteiger partial charge is 0.421 e. The Kier molecular flexibility index (Phi) is 6.37. The van der Waals surface area contributed by atoms with Crippen molar-refractivity contribution in [2.24, 2.45) is 5.14 Å². The van der Waals surface area contributed by atoms with Gasteiger partial charge in [-0.1, -0.05) is 0 Å². The third-order valence-corrected chi connectivity index (χ3v) is 3.27. The van der Waals surface area contributed by atoms with E-state index in [-0.39, 0.29) is 25.3 Å². The molecule has 0 unspecified atom stereocenters. The van der Waals surface area contributed by atoms with Gasteiger partial charge >= 0.3 is 16.3 Å². The fraction of sp³-hybridized carbons (Fsp3) is 0.833. The summed E-state index contributed by atoms with van der Waals surface area (Å²) in [5, 5.41) is 4.71. The van der Waals surface area contributed by atoms with Gasteiger partial charge in [0.25, 0.3) is 0 Å². The highest BCUT2D eigenvalue weighted by Crippen LogP contribution is 1.86. The summed E-state index contributed by atoms with van der Waals surface area (Å²) in [4.78, 5) is 10.8. The first-order chi connectivity index (χ1) is 7.66. The van der Waals surface area contributed by atoms with Crippen LogP contribution < -0.4 is 14.6 Å². The Bertz CT molecular complexity index is 442. The molecule has 9 nitrogen and oxygen atoms in total. The number of carbonyl (C=O) groups excluding carboxylic acids is 1. The number of nitrogens with two attached hydrogens (primary N) is 1. The third kappa shape index (κ3) is 9.99. The number of hydrogen-bond donors (Lipinski definition) is 3. The second-order valence-electron chi connectivity index (χ2n) is 2.94. The monoisotopic (exact) mass is 289 g/mol. The molecule has 0 fully saturated rings. The maximum absolute atomic E-state index is 11.1. The fourth-order valence-electron chi connectivity index (χ4n) is 0.786. The standard InChI is InChI=1S/C6H15N3O6S2/c1-2-15-6(10)9-17(13,14)8-4-3-5-16(7,11)12/h8H,2-5H2,1H3,(H,9,10)(H2,7,11,12). The van der Waals surface area contributed by atoms with Gasteiger partial charge in [-0.2, -0.15) is 13.1 Å². The molecule has 1 amide bonds. The van der Waals surface area contributed by atoms with E-state index < -0.39 is 26.3 Å². The van der Waals surface area contributed by atoms with Crippen molar-refractivity contribution in [2.45, 2.75) is 13.3 Å². The van der Waals surface area contributed by atoms with E-state index in [1.807, 2.05) is 4.72 Å². The van der Waals surface area contributed by atoms with E-state index >= 15 is 0 Å². The van der Waals surface area contributed by atoms with Crippen LogP contribution in [0.3, 0.4) is 0 Å². The number of primary sulfonamides is 1. The van der Waals surface area contributed by atoms with E-state index in [4.69, 9.17) is 5.14 Å². The van der Waals surface area contributed by atoms with Crippen LogP contribution in [-0.4, -0.2) is 41.8 Å². The number of amides is 1. The highest BCUT2D eigenvalue weighted by molar-refractivity contribution is 7.89. The van der Waals surface area contributed by atoms with Crippen molar-refractivity contribution in [3.8, 4) is 0 Å². The van der Waals surface area contributed by atoms with Crippen molar-refractivity contribution in [1.82, 2.24) is 9.44 Å². The molecule has 0 aromatic carbocycles. The summed E-state index contributed by atoms with van der Waals surface area (Å²) in [6, 6.07) is 0. The fourth-order valence-corrected chi connectivity index (χ4v) is 2.10. The zero-order valence-corrected chi connectivity index (χ0v) is 10.8. The van der Waals surface area contributed by atoms with Crippen LogP contribution in [0.1, 0.15) is 13.3 Å². The largest absolute Gasteiger partial charge is 0.449 e. The first-order valence-electron chi connectivity index (χ1n) is 4.61. The number of hydrogen-bond acceptors (Lipinski definition) is 6. The SMILES string of the molecule is CCOC(=O)NS(=O)(=O)NCCCS(N)(=O)=O. The molecular formula is C6H15N3O6S2. The van der Waals surface area contributed by atoms with E-state index in [2.05, 4.69) is 4.74 Å². The van der Waals surface area contributed by atoms with Gasteiger partial charge in [-0.05, 0) is 13.3 Å². The Morgan fingerprint density at radius 1 is 1.29 bits per heavy atom. The molecule has 0 aliphatic carbocycles. The van der Waals surface area contributed by atoms with Gasteiger partial charge in [0.2, 0.25) is 10.0 Å². The number of ether oxygens (including phenoxy) is 1. The van der Waals surface area contributed by atoms with Gasteiger partial charge in [0.15, 0.2) is 0 Å². The van der Waals surface area contributed by atoms with Crippen molar-refractivity contribution < 1.29 is 26.4 Å². The number of carbonyl (C=O) groups is 1. The summed E-state index contributed by atoms with van der Waals surface area (Å²) in [6.45, 7) is 1.39. The summed E-state index contributed by atoms with van der Waals surface area (Å²) in [5.41, 5.74) is 0. The minimum Gasteiger partial charge on any atom is -0.449 e. The van der Waals surface area contributed by atoms with Crippen LogP contribution in [0, 0.1) is 0 Å². The van der Waals surface area contributed by atoms with Gasteiger partial charge < -0.3 is 4.74 Å². The molecule has 102 valence electrons. The molecule has 0 aliphatic heterocycles. The molecule has 0 atom stereocenters.